The number of nitrogens with one attached hydrogen (secondary N) is 1. The summed E-state index contributed by atoms with van der Waals surface area (Å²) in [4.78, 5) is 29.4. The Morgan fingerprint density at radius 2 is 2.00 bits per heavy atom. The third kappa shape index (κ3) is 4.60. The predicted octanol–water partition coefficient (Wildman–Crippen LogP) is 1.44. The van der Waals surface area contributed by atoms with Crippen LogP contribution in [0.25, 0.3) is 5.69 Å². The zero-order chi connectivity index (χ0) is 17.8. The van der Waals surface area contributed by atoms with Crippen LogP contribution in [0.4, 0.5) is 0 Å². The van der Waals surface area contributed by atoms with Crippen molar-refractivity contribution in [1.82, 2.24) is 25.0 Å². The van der Waals surface area contributed by atoms with Crippen molar-refractivity contribution in [3.05, 3.63) is 36.2 Å². The molecule has 8 heteroatoms. The lowest BCUT2D eigenvalue weighted by Crippen LogP contribution is -2.36. The molecule has 3 rings (SSSR count). The van der Waals surface area contributed by atoms with Gasteiger partial charge in [0.15, 0.2) is 0 Å². The molecule has 1 heterocycles. The molecule has 2 aromatic rings. The average Bonchev–Trinajstić information content (AvgIpc) is 3.38. The van der Waals surface area contributed by atoms with E-state index in [9.17, 15) is 9.59 Å². The normalized spacial score (nSPS) is 13.5. The highest BCUT2D eigenvalue weighted by Gasteiger charge is 2.30. The molecule has 1 aromatic carbocycles. The number of benzene rings is 1. The van der Waals surface area contributed by atoms with Crippen LogP contribution in [-0.4, -0.2) is 57.9 Å². The van der Waals surface area contributed by atoms with Crippen molar-refractivity contribution in [2.24, 2.45) is 0 Å². The highest BCUT2D eigenvalue weighted by atomic mass is 32.2. The van der Waals surface area contributed by atoms with Gasteiger partial charge < -0.3 is 10.2 Å². The van der Waals surface area contributed by atoms with Gasteiger partial charge in [-0.2, -0.15) is 0 Å². The first-order valence-electron chi connectivity index (χ1n) is 8.16. The number of hydrogen-bond acceptors (Lipinski definition) is 5. The van der Waals surface area contributed by atoms with Crippen molar-refractivity contribution in [2.45, 2.75) is 23.9 Å². The van der Waals surface area contributed by atoms with Crippen molar-refractivity contribution in [2.75, 3.05) is 26.4 Å². The molecule has 132 valence electrons. The van der Waals surface area contributed by atoms with Gasteiger partial charge in [0, 0.05) is 20.0 Å². The Balaban J connectivity index is 1.62. The lowest BCUT2D eigenvalue weighted by molar-refractivity contribution is -0.130. The number of likely N-dealkylation sites (N-methyl/N-ethyl adjacent to an activating group) is 1. The minimum atomic E-state index is -0.204. The smallest absolute Gasteiger partial charge is 0.241 e. The zero-order valence-corrected chi connectivity index (χ0v) is 15.1. The third-order valence-corrected chi connectivity index (χ3v) is 4.66. The van der Waals surface area contributed by atoms with Crippen molar-refractivity contribution < 1.29 is 9.59 Å². The maximum absolute atomic E-state index is 11.9. The quantitative estimate of drug-likeness (QED) is 0.757. The maximum atomic E-state index is 11.9. The Morgan fingerprint density at radius 1 is 1.28 bits per heavy atom. The van der Waals surface area contributed by atoms with E-state index in [-0.39, 0.29) is 24.1 Å². The van der Waals surface area contributed by atoms with Crippen LogP contribution in [0.2, 0.25) is 0 Å². The van der Waals surface area contributed by atoms with Gasteiger partial charge in [-0.1, -0.05) is 30.0 Å². The molecule has 0 saturated heterocycles. The number of hydrogen-bond donors (Lipinski definition) is 1. The Labute approximate surface area is 150 Å². The molecule has 1 saturated carbocycles. The molecule has 0 atom stereocenters. The van der Waals surface area contributed by atoms with Gasteiger partial charge in [-0.15, -0.1) is 5.10 Å². The standard InChI is InChI=1S/C17H21N5O2S/c1-21(2)15(24)10-18-14(23)11-25-17-19-16(12-8-9-12)22(20-17)13-6-4-3-5-7-13/h3-7,12H,8-11H2,1-2H3,(H,18,23). The lowest BCUT2D eigenvalue weighted by atomic mass is 10.3. The Kier molecular flexibility index (Phi) is 5.37. The SMILES string of the molecule is CN(C)C(=O)CNC(=O)CSc1nc(C2CC2)n(-c2ccccc2)n1. The number of nitrogens with zero attached hydrogens (tertiary/aromatic N) is 4. The van der Waals surface area contributed by atoms with Gasteiger partial charge in [0.05, 0.1) is 18.0 Å². The van der Waals surface area contributed by atoms with Gasteiger partial charge in [0.2, 0.25) is 17.0 Å². The van der Waals surface area contributed by atoms with Gasteiger partial charge in [-0.3, -0.25) is 9.59 Å². The molecule has 0 radical (unpaired) electrons. The van der Waals surface area contributed by atoms with Crippen molar-refractivity contribution in [3.8, 4) is 5.69 Å². The lowest BCUT2D eigenvalue weighted by Gasteiger charge is -2.10. The molecule has 0 bridgehead atoms. The van der Waals surface area contributed by atoms with Crippen LogP contribution in [0.5, 0.6) is 0 Å². The summed E-state index contributed by atoms with van der Waals surface area (Å²) < 4.78 is 1.87. The van der Waals surface area contributed by atoms with Gasteiger partial charge in [0.1, 0.15) is 5.82 Å². The molecule has 0 unspecified atom stereocenters. The molecule has 1 fully saturated rings. The second-order valence-corrected chi connectivity index (χ2v) is 7.07. The molecule has 0 spiro atoms. The first kappa shape index (κ1) is 17.5. The van der Waals surface area contributed by atoms with E-state index in [2.05, 4.69) is 15.4 Å². The molecule has 0 aliphatic heterocycles. The van der Waals surface area contributed by atoms with Crippen LogP contribution >= 0.6 is 11.8 Å². The summed E-state index contributed by atoms with van der Waals surface area (Å²) in [5.74, 6) is 1.25. The number of aromatic nitrogens is 3. The van der Waals surface area contributed by atoms with E-state index < -0.39 is 0 Å². The Morgan fingerprint density at radius 3 is 2.64 bits per heavy atom. The number of thioether (sulfide) groups is 1. The van der Waals surface area contributed by atoms with Gasteiger partial charge in [-0.25, -0.2) is 9.67 Å². The van der Waals surface area contributed by atoms with E-state index >= 15 is 0 Å². The van der Waals surface area contributed by atoms with Gasteiger partial charge in [-0.05, 0) is 25.0 Å². The van der Waals surface area contributed by atoms with E-state index in [0.29, 0.717) is 11.1 Å². The Bertz CT molecular complexity index is 756. The molecular weight excluding hydrogens is 338 g/mol. The fraction of sp³-hybridized carbons (Fsp3) is 0.412. The van der Waals surface area contributed by atoms with Crippen LogP contribution < -0.4 is 5.32 Å². The third-order valence-electron chi connectivity index (χ3n) is 3.82. The summed E-state index contributed by atoms with van der Waals surface area (Å²) in [5.41, 5.74) is 0.977. The highest BCUT2D eigenvalue weighted by molar-refractivity contribution is 7.99. The summed E-state index contributed by atoms with van der Waals surface area (Å²) >= 11 is 1.28. The van der Waals surface area contributed by atoms with E-state index in [4.69, 9.17) is 0 Å². The first-order chi connectivity index (χ1) is 12.0. The molecule has 1 aromatic heterocycles. The van der Waals surface area contributed by atoms with E-state index in [1.165, 1.54) is 16.7 Å². The average molecular weight is 359 g/mol. The number of para-hydroxylation sites is 1. The zero-order valence-electron chi connectivity index (χ0n) is 14.3. The van der Waals surface area contributed by atoms with Crippen LogP contribution in [-0.2, 0) is 9.59 Å². The van der Waals surface area contributed by atoms with E-state index in [0.717, 1.165) is 24.4 Å². The van der Waals surface area contributed by atoms with Crippen LogP contribution in [0.15, 0.2) is 35.5 Å². The van der Waals surface area contributed by atoms with Crippen molar-refractivity contribution in [1.29, 1.82) is 0 Å². The van der Waals surface area contributed by atoms with E-state index in [1.54, 1.807) is 14.1 Å². The Hall–Kier alpha value is -2.35. The largest absolute Gasteiger partial charge is 0.347 e. The molecule has 7 nitrogen and oxygen atoms in total. The molecule has 2 amide bonds. The second-order valence-electron chi connectivity index (χ2n) is 6.13. The molecule has 25 heavy (non-hydrogen) atoms. The molecule has 1 aliphatic rings. The summed E-state index contributed by atoms with van der Waals surface area (Å²) in [6.07, 6.45) is 2.26. The van der Waals surface area contributed by atoms with Crippen molar-refractivity contribution in [3.63, 3.8) is 0 Å². The minimum absolute atomic E-state index is 0.00556. The summed E-state index contributed by atoms with van der Waals surface area (Å²) in [5, 5.41) is 7.74. The maximum Gasteiger partial charge on any atom is 0.241 e. The monoisotopic (exact) mass is 359 g/mol. The second kappa shape index (κ2) is 7.69. The van der Waals surface area contributed by atoms with Crippen LogP contribution in [0.1, 0.15) is 24.6 Å². The van der Waals surface area contributed by atoms with E-state index in [1.807, 2.05) is 35.0 Å². The number of amides is 2. The molecule has 1 aliphatic carbocycles. The highest BCUT2D eigenvalue weighted by Crippen LogP contribution is 2.40. The fourth-order valence-electron chi connectivity index (χ4n) is 2.24. The minimum Gasteiger partial charge on any atom is -0.347 e. The summed E-state index contributed by atoms with van der Waals surface area (Å²) in [7, 11) is 3.31. The van der Waals surface area contributed by atoms with Gasteiger partial charge in [0.25, 0.3) is 0 Å². The number of rotatable bonds is 7. The van der Waals surface area contributed by atoms with Crippen LogP contribution in [0.3, 0.4) is 0 Å². The molecular formula is C17H21N5O2S. The van der Waals surface area contributed by atoms with Gasteiger partial charge >= 0.3 is 0 Å². The van der Waals surface area contributed by atoms with Crippen LogP contribution in [0, 0.1) is 0 Å². The molecule has 1 N–H and O–H groups in total. The van der Waals surface area contributed by atoms with Crippen molar-refractivity contribution >= 4 is 23.6 Å². The number of carbonyl (C=O) groups excluding carboxylic acids is 2. The summed E-state index contributed by atoms with van der Waals surface area (Å²) in [6, 6.07) is 9.89. The first-order valence-corrected chi connectivity index (χ1v) is 9.15. The summed E-state index contributed by atoms with van der Waals surface area (Å²) in [6.45, 7) is 0.00556. The fourth-order valence-corrected chi connectivity index (χ4v) is 2.90. The predicted molar refractivity (Wildman–Crippen MR) is 95.8 cm³/mol. The topological polar surface area (TPSA) is 80.1 Å². The number of carbonyl (C=O) groups is 2.